The molecule has 5 heteroatoms. The third-order valence-corrected chi connectivity index (χ3v) is 4.45. The minimum absolute atomic E-state index is 0.441. The minimum atomic E-state index is 0.441. The molecular formula is C21H25N5. The highest BCUT2D eigenvalue weighted by atomic mass is 15.2. The van der Waals surface area contributed by atoms with Gasteiger partial charge < -0.3 is 10.6 Å². The third-order valence-electron chi connectivity index (χ3n) is 4.45. The predicted molar refractivity (Wildman–Crippen MR) is 108 cm³/mol. The zero-order valence-electron chi connectivity index (χ0n) is 15.0. The average molecular weight is 347 g/mol. The van der Waals surface area contributed by atoms with Crippen LogP contribution < -0.4 is 10.6 Å². The second-order valence-electron chi connectivity index (χ2n) is 6.34. The molecule has 0 unspecified atom stereocenters. The van der Waals surface area contributed by atoms with Crippen LogP contribution in [0.25, 0.3) is 11.3 Å². The molecule has 2 aromatic heterocycles. The van der Waals surface area contributed by atoms with Gasteiger partial charge in [0.2, 0.25) is 5.95 Å². The highest BCUT2D eigenvalue weighted by Gasteiger charge is 2.17. The first-order valence-corrected chi connectivity index (χ1v) is 9.07. The van der Waals surface area contributed by atoms with Gasteiger partial charge in [-0.25, -0.2) is 4.98 Å². The van der Waals surface area contributed by atoms with Gasteiger partial charge in [-0.05, 0) is 37.1 Å². The van der Waals surface area contributed by atoms with Crippen LogP contribution in [0.5, 0.6) is 0 Å². The van der Waals surface area contributed by atoms with Crippen LogP contribution >= 0.6 is 0 Å². The van der Waals surface area contributed by atoms with E-state index in [-0.39, 0.29) is 0 Å². The number of anilines is 2. The molecule has 1 aliphatic carbocycles. The maximum Gasteiger partial charge on any atom is 0.229 e. The quantitative estimate of drug-likeness (QED) is 0.694. The summed E-state index contributed by atoms with van der Waals surface area (Å²) in [5, 5.41) is 6.79. The van der Waals surface area contributed by atoms with Crippen molar-refractivity contribution in [3.05, 3.63) is 67.7 Å². The molecule has 1 fully saturated rings. The van der Waals surface area contributed by atoms with Crippen LogP contribution in [0, 0.1) is 0 Å². The highest BCUT2D eigenvalue weighted by Crippen LogP contribution is 2.28. The number of pyridine rings is 1. The third kappa shape index (κ3) is 4.57. The number of rotatable bonds is 7. The number of hydrogen-bond donors (Lipinski definition) is 2. The number of nitrogens with zero attached hydrogens (tertiary/aromatic N) is 3. The Morgan fingerprint density at radius 2 is 1.96 bits per heavy atom. The van der Waals surface area contributed by atoms with E-state index in [0.29, 0.717) is 12.0 Å². The predicted octanol–water partition coefficient (Wildman–Crippen LogP) is 4.95. The summed E-state index contributed by atoms with van der Waals surface area (Å²) in [5.41, 5.74) is 2.58. The largest absolute Gasteiger partial charge is 0.367 e. The molecule has 2 N–H and O–H groups in total. The van der Waals surface area contributed by atoms with Crippen molar-refractivity contribution in [2.45, 2.75) is 38.1 Å². The van der Waals surface area contributed by atoms with Crippen LogP contribution in [-0.2, 0) is 0 Å². The second kappa shape index (κ2) is 8.94. The molecule has 0 saturated heterocycles. The summed E-state index contributed by atoms with van der Waals surface area (Å²) in [7, 11) is 0. The molecule has 0 amide bonds. The van der Waals surface area contributed by atoms with Crippen molar-refractivity contribution in [1.82, 2.24) is 15.0 Å². The fourth-order valence-electron chi connectivity index (χ4n) is 3.12. The van der Waals surface area contributed by atoms with Gasteiger partial charge in [0.05, 0.1) is 11.3 Å². The van der Waals surface area contributed by atoms with Crippen LogP contribution in [0.2, 0.25) is 0 Å². The van der Waals surface area contributed by atoms with E-state index in [1.807, 2.05) is 30.5 Å². The van der Waals surface area contributed by atoms with Crippen molar-refractivity contribution in [3.8, 4) is 11.3 Å². The Balaban J connectivity index is 1.92. The molecule has 2 heterocycles. The summed E-state index contributed by atoms with van der Waals surface area (Å²) in [6, 6.07) is 6.30. The second-order valence-corrected chi connectivity index (χ2v) is 6.34. The normalized spacial score (nSPS) is 15.3. The summed E-state index contributed by atoms with van der Waals surface area (Å²) in [6.07, 6.45) is 15.0. The van der Waals surface area contributed by atoms with Crippen LogP contribution in [-0.4, -0.2) is 21.0 Å². The summed E-state index contributed by atoms with van der Waals surface area (Å²) in [5.74, 6) is 1.34. The first-order valence-electron chi connectivity index (χ1n) is 9.07. The first kappa shape index (κ1) is 17.9. The highest BCUT2D eigenvalue weighted by molar-refractivity contribution is 5.73. The molecule has 1 saturated carbocycles. The Morgan fingerprint density at radius 3 is 2.65 bits per heavy atom. The molecule has 26 heavy (non-hydrogen) atoms. The summed E-state index contributed by atoms with van der Waals surface area (Å²) >= 11 is 0. The van der Waals surface area contributed by atoms with Crippen LogP contribution in [0.3, 0.4) is 0 Å². The Hall–Kier alpha value is -2.95. The van der Waals surface area contributed by atoms with E-state index >= 15 is 0 Å². The minimum Gasteiger partial charge on any atom is -0.367 e. The SMILES string of the molecule is C=C/C=C(\C=C)Nc1ncc(-c2ccccn2)c(NC2CCCCC2)n1. The van der Waals surface area contributed by atoms with E-state index < -0.39 is 0 Å². The molecule has 0 aromatic carbocycles. The van der Waals surface area contributed by atoms with Gasteiger partial charge in [-0.15, -0.1) is 0 Å². The van der Waals surface area contributed by atoms with Gasteiger partial charge in [-0.3, -0.25) is 4.98 Å². The van der Waals surface area contributed by atoms with Gasteiger partial charge in [0.1, 0.15) is 5.82 Å². The van der Waals surface area contributed by atoms with Gasteiger partial charge >= 0.3 is 0 Å². The first-order chi connectivity index (χ1) is 12.8. The van der Waals surface area contributed by atoms with E-state index in [0.717, 1.165) is 22.8 Å². The van der Waals surface area contributed by atoms with Crippen molar-refractivity contribution in [2.75, 3.05) is 10.6 Å². The van der Waals surface area contributed by atoms with Gasteiger partial charge in [-0.1, -0.05) is 44.6 Å². The van der Waals surface area contributed by atoms with Crippen LogP contribution in [0.1, 0.15) is 32.1 Å². The maximum absolute atomic E-state index is 4.72. The molecule has 0 aliphatic heterocycles. The van der Waals surface area contributed by atoms with Gasteiger partial charge in [0.25, 0.3) is 0 Å². The molecule has 134 valence electrons. The van der Waals surface area contributed by atoms with E-state index in [2.05, 4.69) is 33.8 Å². The number of allylic oxidation sites excluding steroid dienone is 3. The monoisotopic (exact) mass is 347 g/mol. The Bertz CT molecular complexity index is 776. The van der Waals surface area contributed by atoms with Crippen molar-refractivity contribution >= 4 is 11.8 Å². The number of nitrogens with one attached hydrogen (secondary N) is 2. The number of aromatic nitrogens is 3. The molecule has 0 atom stereocenters. The van der Waals surface area contributed by atoms with E-state index in [9.17, 15) is 0 Å². The van der Waals surface area contributed by atoms with Crippen molar-refractivity contribution < 1.29 is 0 Å². The smallest absolute Gasteiger partial charge is 0.229 e. The maximum atomic E-state index is 4.72. The molecule has 0 spiro atoms. The van der Waals surface area contributed by atoms with Crippen LogP contribution in [0.15, 0.2) is 67.7 Å². The van der Waals surface area contributed by atoms with Crippen LogP contribution in [0.4, 0.5) is 11.8 Å². The fourth-order valence-corrected chi connectivity index (χ4v) is 3.12. The average Bonchev–Trinajstić information content (AvgIpc) is 2.69. The van der Waals surface area contributed by atoms with Crippen molar-refractivity contribution in [3.63, 3.8) is 0 Å². The lowest BCUT2D eigenvalue weighted by Gasteiger charge is -2.24. The molecular weight excluding hydrogens is 322 g/mol. The van der Waals surface area contributed by atoms with E-state index in [1.165, 1.54) is 32.1 Å². The fraction of sp³-hybridized carbons (Fsp3) is 0.286. The van der Waals surface area contributed by atoms with Gasteiger partial charge in [0.15, 0.2) is 0 Å². The lowest BCUT2D eigenvalue weighted by molar-refractivity contribution is 0.462. The molecule has 5 nitrogen and oxygen atoms in total. The van der Waals surface area contributed by atoms with E-state index in [4.69, 9.17) is 4.98 Å². The summed E-state index contributed by atoms with van der Waals surface area (Å²) < 4.78 is 0. The lowest BCUT2D eigenvalue weighted by Crippen LogP contribution is -2.23. The van der Waals surface area contributed by atoms with Crippen molar-refractivity contribution in [1.29, 1.82) is 0 Å². The van der Waals surface area contributed by atoms with E-state index in [1.54, 1.807) is 18.3 Å². The Labute approximate surface area is 155 Å². The number of hydrogen-bond acceptors (Lipinski definition) is 5. The van der Waals surface area contributed by atoms with Gasteiger partial charge in [-0.2, -0.15) is 4.98 Å². The Kier molecular flexibility index (Phi) is 6.14. The molecule has 0 bridgehead atoms. The molecule has 0 radical (unpaired) electrons. The lowest BCUT2D eigenvalue weighted by atomic mass is 9.95. The molecule has 1 aliphatic rings. The van der Waals surface area contributed by atoms with Crippen molar-refractivity contribution in [2.24, 2.45) is 0 Å². The summed E-state index contributed by atoms with van der Waals surface area (Å²) in [4.78, 5) is 13.6. The van der Waals surface area contributed by atoms with Gasteiger partial charge in [0, 0.05) is 24.1 Å². The zero-order chi connectivity index (χ0) is 18.2. The standard InChI is InChI=1S/C21H25N5/c1-3-10-16(4-2)25-21-23-15-18(19-13-8-9-14-22-19)20(26-21)24-17-11-6-5-7-12-17/h3-4,8-10,13-15,17H,1-2,5-7,11-12H2,(H2,23,24,25,26)/b16-10+. The summed E-state index contributed by atoms with van der Waals surface area (Å²) in [6.45, 7) is 7.51. The molecule has 2 aromatic rings. The Morgan fingerprint density at radius 1 is 1.12 bits per heavy atom. The topological polar surface area (TPSA) is 62.7 Å². The molecule has 3 rings (SSSR count). The zero-order valence-corrected chi connectivity index (χ0v) is 15.0.